The Hall–Kier alpha value is -3.10. The maximum Gasteiger partial charge on any atom is 0.240 e. The summed E-state index contributed by atoms with van der Waals surface area (Å²) in [7, 11) is 1.67. The molecule has 222 valence electrons. The summed E-state index contributed by atoms with van der Waals surface area (Å²) in [4.78, 5) is 36.5. The van der Waals surface area contributed by atoms with Crippen LogP contribution in [-0.2, 0) is 19.1 Å². The molecule has 0 bridgehead atoms. The molecule has 1 aliphatic rings. The number of allylic oxidation sites excluding steroid dienone is 5. The van der Waals surface area contributed by atoms with Gasteiger partial charge in [-0.3, -0.25) is 14.4 Å². The van der Waals surface area contributed by atoms with E-state index in [1.807, 2.05) is 76.3 Å². The average Bonchev–Trinajstić information content (AvgIpc) is 3.77. The van der Waals surface area contributed by atoms with Gasteiger partial charge in [-0.1, -0.05) is 53.6 Å². The van der Waals surface area contributed by atoms with Crippen LogP contribution in [0.15, 0.2) is 60.4 Å². The van der Waals surface area contributed by atoms with Gasteiger partial charge in [0.15, 0.2) is 0 Å². The Bertz CT molecular complexity index is 953. The Labute approximate surface area is 245 Å². The minimum Gasteiger partial charge on any atom is -0.497 e. The van der Waals surface area contributed by atoms with E-state index >= 15 is 0 Å². The molecule has 0 saturated heterocycles. The van der Waals surface area contributed by atoms with Crippen molar-refractivity contribution in [2.24, 2.45) is 5.92 Å². The van der Waals surface area contributed by atoms with Crippen LogP contribution in [0.2, 0.25) is 5.02 Å². The zero-order valence-corrected chi connectivity index (χ0v) is 25.4. The summed E-state index contributed by atoms with van der Waals surface area (Å²) in [6.07, 6.45) is 13.8. The van der Waals surface area contributed by atoms with Crippen molar-refractivity contribution in [3.05, 3.63) is 71.0 Å². The molecule has 3 amide bonds. The maximum atomic E-state index is 12.8. The number of rotatable bonds is 17. The van der Waals surface area contributed by atoms with Gasteiger partial charge in [-0.05, 0) is 77.0 Å². The number of carbonyl (C=O) groups is 3. The summed E-state index contributed by atoms with van der Waals surface area (Å²) in [5, 5.41) is 9.54. The van der Waals surface area contributed by atoms with Crippen LogP contribution >= 0.6 is 11.6 Å². The largest absolute Gasteiger partial charge is 0.497 e. The second-order valence-corrected chi connectivity index (χ2v) is 10.3. The van der Waals surface area contributed by atoms with Crippen LogP contribution in [0.25, 0.3) is 0 Å². The van der Waals surface area contributed by atoms with Crippen LogP contribution in [0.1, 0.15) is 52.0 Å². The van der Waals surface area contributed by atoms with Crippen molar-refractivity contribution in [3.8, 4) is 0 Å². The Kier molecular flexibility index (Phi) is 18.1. The second-order valence-electron chi connectivity index (χ2n) is 9.87. The first kappa shape index (κ1) is 34.9. The smallest absolute Gasteiger partial charge is 0.240 e. The number of benzene rings is 1. The zero-order valence-electron chi connectivity index (χ0n) is 24.6. The van der Waals surface area contributed by atoms with E-state index in [2.05, 4.69) is 16.0 Å². The molecular weight excluding hydrogens is 528 g/mol. The van der Waals surface area contributed by atoms with Gasteiger partial charge in [0.2, 0.25) is 18.2 Å². The molecule has 1 saturated carbocycles. The highest BCUT2D eigenvalue weighted by Crippen LogP contribution is 2.33. The van der Waals surface area contributed by atoms with Crippen molar-refractivity contribution in [3.63, 3.8) is 0 Å². The topological polar surface area (TPSA) is 99.8 Å². The predicted octanol–water partition coefficient (Wildman–Crippen LogP) is 4.55. The lowest BCUT2D eigenvalue weighted by molar-refractivity contribution is -0.136. The van der Waals surface area contributed by atoms with Crippen molar-refractivity contribution in [1.82, 2.24) is 20.9 Å². The minimum absolute atomic E-state index is 0.0563. The normalized spacial score (nSPS) is 14.7. The highest BCUT2D eigenvalue weighted by molar-refractivity contribution is 6.30. The van der Waals surface area contributed by atoms with Crippen LogP contribution in [-0.4, -0.2) is 68.5 Å². The second kappa shape index (κ2) is 20.8. The van der Waals surface area contributed by atoms with E-state index in [-0.39, 0.29) is 30.5 Å². The van der Waals surface area contributed by atoms with E-state index in [1.54, 1.807) is 13.3 Å². The average molecular weight is 575 g/mol. The molecule has 3 N–H and O–H groups in total. The number of hydrogen-bond donors (Lipinski definition) is 3. The number of nitrogens with zero attached hydrogens (tertiary/aromatic N) is 1. The van der Waals surface area contributed by atoms with Crippen LogP contribution in [0.3, 0.4) is 0 Å². The molecule has 1 unspecified atom stereocenters. The molecule has 1 aromatic rings. The van der Waals surface area contributed by atoms with Gasteiger partial charge < -0.3 is 25.6 Å². The summed E-state index contributed by atoms with van der Waals surface area (Å²) in [6, 6.07) is 7.45. The van der Waals surface area contributed by atoms with Crippen molar-refractivity contribution < 1.29 is 19.1 Å². The van der Waals surface area contributed by atoms with Gasteiger partial charge in [0.05, 0.1) is 18.8 Å². The molecule has 8 nitrogen and oxygen atoms in total. The molecule has 0 heterocycles. The molecule has 1 fully saturated rings. The third-order valence-electron chi connectivity index (χ3n) is 6.06. The summed E-state index contributed by atoms with van der Waals surface area (Å²) in [5.41, 5.74) is 2.27. The number of aryl methyl sites for hydroxylation is 1. The van der Waals surface area contributed by atoms with Crippen LogP contribution in [0.5, 0.6) is 0 Å². The first-order chi connectivity index (χ1) is 19.2. The zero-order chi connectivity index (χ0) is 29.8. The summed E-state index contributed by atoms with van der Waals surface area (Å²) < 4.78 is 5.90. The van der Waals surface area contributed by atoms with Crippen LogP contribution in [0, 0.1) is 12.8 Å². The number of hydrogen-bond acceptors (Lipinski definition) is 5. The molecule has 1 aromatic carbocycles. The number of amides is 3. The van der Waals surface area contributed by atoms with E-state index in [1.165, 1.54) is 10.5 Å². The monoisotopic (exact) mass is 574 g/mol. The van der Waals surface area contributed by atoms with Gasteiger partial charge in [-0.2, -0.15) is 0 Å². The van der Waals surface area contributed by atoms with E-state index in [0.717, 1.165) is 36.3 Å². The minimum atomic E-state index is -0.298. The molecular formula is C31H47ClN4O4. The van der Waals surface area contributed by atoms with Crippen molar-refractivity contribution in [2.75, 3.05) is 33.2 Å². The molecule has 9 heteroatoms. The van der Waals surface area contributed by atoms with Crippen molar-refractivity contribution in [2.45, 2.75) is 65.5 Å². The molecule has 0 spiro atoms. The third-order valence-corrected chi connectivity index (χ3v) is 6.31. The first-order valence-corrected chi connectivity index (χ1v) is 14.4. The van der Waals surface area contributed by atoms with Gasteiger partial charge in [-0.15, -0.1) is 0 Å². The highest BCUT2D eigenvalue weighted by atomic mass is 35.5. The lowest BCUT2D eigenvalue weighted by Crippen LogP contribution is -2.50. The van der Waals surface area contributed by atoms with E-state index < -0.39 is 0 Å². The van der Waals surface area contributed by atoms with Crippen molar-refractivity contribution >= 4 is 29.8 Å². The number of carbonyl (C=O) groups excluding carboxylic acids is 3. The summed E-state index contributed by atoms with van der Waals surface area (Å²) in [5.74, 6) is 0.104. The Morgan fingerprint density at radius 1 is 1.20 bits per heavy atom. The molecule has 2 atom stereocenters. The molecule has 40 heavy (non-hydrogen) atoms. The van der Waals surface area contributed by atoms with Gasteiger partial charge in [0.25, 0.3) is 0 Å². The number of nitrogens with one attached hydrogen (secondary N) is 3. The van der Waals surface area contributed by atoms with Gasteiger partial charge in [-0.25, -0.2) is 0 Å². The standard InChI is InChI=1S/C24H40N4O4.C7H7Cl/c1-5-7-8-10-20(11-9-14-25-18-29)17-32-19(3)15-27-23(21-12-13-21)24(31)28(4)16-22(30)26-6-2;1-6-2-4-7(8)5-3-6/h5,7-8,10,17-19,21,23,27H,6,9,11-16H2,1-4H3,(H,25,29)(H,26,30);2-5H,1H3/b7-5-,10-8-,20-17-;/t19-,23?;/m1./s1. The Balaban J connectivity index is 0.000000850. The fraction of sp³-hybridized carbons (Fsp3) is 0.516. The van der Waals surface area contributed by atoms with Gasteiger partial charge in [0, 0.05) is 31.7 Å². The number of halogens is 1. The van der Waals surface area contributed by atoms with E-state index in [4.69, 9.17) is 16.3 Å². The van der Waals surface area contributed by atoms with E-state index in [9.17, 15) is 14.4 Å². The predicted molar refractivity (Wildman–Crippen MR) is 163 cm³/mol. The van der Waals surface area contributed by atoms with Crippen LogP contribution in [0.4, 0.5) is 0 Å². The molecule has 0 aromatic heterocycles. The Morgan fingerprint density at radius 2 is 1.90 bits per heavy atom. The van der Waals surface area contributed by atoms with Crippen LogP contribution < -0.4 is 16.0 Å². The van der Waals surface area contributed by atoms with E-state index in [0.29, 0.717) is 32.0 Å². The highest BCUT2D eigenvalue weighted by Gasteiger charge is 2.37. The van der Waals surface area contributed by atoms with Crippen molar-refractivity contribution in [1.29, 1.82) is 0 Å². The SMILES string of the molecule is C\C=C/C=C\C(=C\O[C@H](C)CNC(C(=O)N(C)CC(=O)NCC)C1CC1)CCCNC=O.Cc1ccc(Cl)cc1. The third kappa shape index (κ3) is 16.1. The number of ether oxygens (including phenoxy) is 1. The summed E-state index contributed by atoms with van der Waals surface area (Å²) in [6.45, 7) is 9.56. The molecule has 0 aliphatic heterocycles. The first-order valence-electron chi connectivity index (χ1n) is 14.0. The van der Waals surface area contributed by atoms with Gasteiger partial charge >= 0.3 is 0 Å². The quantitative estimate of drug-likeness (QED) is 0.110. The fourth-order valence-electron chi connectivity index (χ4n) is 3.67. The lowest BCUT2D eigenvalue weighted by Gasteiger charge is -2.25. The molecule has 1 aliphatic carbocycles. The Morgan fingerprint density at radius 3 is 2.48 bits per heavy atom. The maximum absolute atomic E-state index is 12.8. The lowest BCUT2D eigenvalue weighted by atomic mass is 10.1. The molecule has 0 radical (unpaired) electrons. The van der Waals surface area contributed by atoms with Gasteiger partial charge in [0.1, 0.15) is 6.10 Å². The fourth-order valence-corrected chi connectivity index (χ4v) is 3.80. The summed E-state index contributed by atoms with van der Waals surface area (Å²) >= 11 is 5.61. The number of likely N-dealkylation sites (N-methyl/N-ethyl adjacent to an activating group) is 2. The molecule has 2 rings (SSSR count).